The van der Waals surface area contributed by atoms with Gasteiger partial charge in [-0.05, 0) is 6.92 Å². The van der Waals surface area contributed by atoms with Crippen molar-refractivity contribution in [3.8, 4) is 0 Å². The summed E-state index contributed by atoms with van der Waals surface area (Å²) in [6, 6.07) is 0.925. The Morgan fingerprint density at radius 1 is 1.52 bits per heavy atom. The van der Waals surface area contributed by atoms with Gasteiger partial charge in [0.2, 0.25) is 5.91 Å². The van der Waals surface area contributed by atoms with Crippen molar-refractivity contribution in [3.63, 3.8) is 0 Å². The van der Waals surface area contributed by atoms with E-state index in [0.717, 1.165) is 19.2 Å². The molecule has 1 unspecified atom stereocenters. The molecule has 0 spiro atoms. The van der Waals surface area contributed by atoms with Crippen molar-refractivity contribution in [3.05, 3.63) is 33.1 Å². The Bertz CT molecular complexity index is 714. The second-order valence-corrected chi connectivity index (χ2v) is 7.11. The molecule has 0 aromatic carbocycles. The molecule has 1 aliphatic rings. The molecule has 1 fully saturated rings. The van der Waals surface area contributed by atoms with Crippen molar-refractivity contribution in [1.29, 1.82) is 0 Å². The average molecular weight is 356 g/mol. The molecule has 0 amide bonds. The molecule has 1 aliphatic heterocycles. The number of aliphatic hydroxyl groups excluding tert-OH is 1. The predicted molar refractivity (Wildman–Crippen MR) is 72.3 cm³/mol. The molecule has 9 nitrogen and oxygen atoms in total. The molecule has 12 heteroatoms. The van der Waals surface area contributed by atoms with Gasteiger partial charge in [-0.1, -0.05) is 0 Å². The number of H-pyrrole nitrogens is 1. The van der Waals surface area contributed by atoms with Crippen molar-refractivity contribution < 1.29 is 33.0 Å². The minimum atomic E-state index is -5.10. The number of nitrogens with one attached hydrogen (secondary N) is 1. The Balaban J connectivity index is 2.36. The molecule has 2 heterocycles. The van der Waals surface area contributed by atoms with E-state index >= 15 is 0 Å². The topological polar surface area (TPSA) is 142 Å². The first kappa shape index (κ1) is 18.0. The number of hydrogen-bond donors (Lipinski definition) is 4. The third-order valence-electron chi connectivity index (χ3n) is 3.63. The lowest BCUT2D eigenvalue weighted by molar-refractivity contribution is -0.0558. The number of hydrogen-bond acceptors (Lipinski definition) is 5. The van der Waals surface area contributed by atoms with Crippen LogP contribution in [0.5, 0.6) is 0 Å². The van der Waals surface area contributed by atoms with E-state index in [2.05, 4.69) is 4.98 Å². The third-order valence-corrected chi connectivity index (χ3v) is 4.57. The lowest BCUT2D eigenvalue weighted by atomic mass is 9.97. The summed E-state index contributed by atoms with van der Waals surface area (Å²) in [5.41, 5.74) is -4.58. The van der Waals surface area contributed by atoms with Gasteiger partial charge in [-0.15, -0.1) is 0 Å². The molecule has 4 N–H and O–H groups in total. The average Bonchev–Trinajstić information content (AvgIpc) is 2.62. The largest absolute Gasteiger partial charge is 0.387 e. The van der Waals surface area contributed by atoms with E-state index in [1.54, 1.807) is 0 Å². The lowest BCUT2D eigenvalue weighted by Crippen LogP contribution is -2.46. The highest BCUT2D eigenvalue weighted by atomic mass is 31.2. The van der Waals surface area contributed by atoms with Gasteiger partial charge >= 0.3 is 13.3 Å². The molecular weight excluding hydrogens is 341 g/mol. The van der Waals surface area contributed by atoms with Gasteiger partial charge in [0.25, 0.3) is 5.56 Å². The fourth-order valence-electron chi connectivity index (χ4n) is 2.37. The maximum absolute atomic E-state index is 14.7. The normalized spacial score (nSPS) is 32.9. The molecule has 0 bridgehead atoms. The summed E-state index contributed by atoms with van der Waals surface area (Å²) in [6.45, 7) is 0.839. The molecule has 23 heavy (non-hydrogen) atoms. The van der Waals surface area contributed by atoms with Crippen LogP contribution in [-0.4, -0.2) is 48.2 Å². The summed E-state index contributed by atoms with van der Waals surface area (Å²) >= 11 is 0. The Hall–Kier alpha value is -1.39. The van der Waals surface area contributed by atoms with Crippen LogP contribution in [-0.2, 0) is 9.30 Å². The molecule has 0 saturated carbocycles. The van der Waals surface area contributed by atoms with Crippen LogP contribution in [0.3, 0.4) is 0 Å². The summed E-state index contributed by atoms with van der Waals surface area (Å²) in [7, 11) is -5.10. The highest BCUT2D eigenvalue weighted by Gasteiger charge is 2.56. The number of aromatic amines is 1. The highest BCUT2D eigenvalue weighted by Crippen LogP contribution is 2.48. The van der Waals surface area contributed by atoms with Crippen LogP contribution < -0.4 is 11.2 Å². The maximum atomic E-state index is 14.7. The zero-order valence-corrected chi connectivity index (χ0v) is 12.7. The second-order valence-electron chi connectivity index (χ2n) is 5.37. The smallest absolute Gasteiger partial charge is 0.359 e. The summed E-state index contributed by atoms with van der Waals surface area (Å²) < 4.78 is 44.4. The van der Waals surface area contributed by atoms with Gasteiger partial charge in [0, 0.05) is 18.7 Å². The lowest BCUT2D eigenvalue weighted by Gasteiger charge is -2.24. The zero-order chi connectivity index (χ0) is 17.6. The van der Waals surface area contributed by atoms with Gasteiger partial charge in [0.15, 0.2) is 11.9 Å². The first-order valence-corrected chi connectivity index (χ1v) is 8.16. The van der Waals surface area contributed by atoms with Crippen molar-refractivity contribution in [2.45, 2.75) is 43.4 Å². The third kappa shape index (κ3) is 3.29. The fraction of sp³-hybridized carbons (Fsp3) is 0.636. The van der Waals surface area contributed by atoms with Gasteiger partial charge in [-0.2, -0.15) is 0 Å². The van der Waals surface area contributed by atoms with E-state index in [0.29, 0.717) is 4.57 Å². The summed E-state index contributed by atoms with van der Waals surface area (Å²) in [5, 5.41) is 9.90. The van der Waals surface area contributed by atoms with Crippen molar-refractivity contribution in [2.24, 2.45) is 0 Å². The molecule has 130 valence electrons. The van der Waals surface area contributed by atoms with Crippen LogP contribution in [0.1, 0.15) is 19.6 Å². The van der Waals surface area contributed by atoms with Crippen LogP contribution in [0.2, 0.25) is 0 Å². The van der Waals surface area contributed by atoms with Gasteiger partial charge in [0.1, 0.15) is 6.10 Å². The first-order valence-electron chi connectivity index (χ1n) is 6.48. The predicted octanol–water partition coefficient (Wildman–Crippen LogP) is -0.614. The Morgan fingerprint density at radius 2 is 2.13 bits per heavy atom. The van der Waals surface area contributed by atoms with Crippen molar-refractivity contribution in [2.75, 3.05) is 0 Å². The second kappa shape index (κ2) is 5.91. The van der Waals surface area contributed by atoms with Crippen LogP contribution >= 0.6 is 7.60 Å². The van der Waals surface area contributed by atoms with Crippen LogP contribution in [0, 0.1) is 0 Å². The van der Waals surface area contributed by atoms with E-state index in [-0.39, 0.29) is 0 Å². The number of aliphatic hydroxyl groups is 1. The molecule has 1 aromatic rings. The van der Waals surface area contributed by atoms with E-state index in [1.807, 2.05) is 0 Å². The first-order chi connectivity index (χ1) is 10.5. The SMILES string of the molecule is C[C@@]1(F)[C@H](O)[C@@H](CC(F)P(=O)(O)O)O[C@H]1n1c(=O)cc[nH]c1=O. The molecule has 2 rings (SSSR count). The Kier molecular flexibility index (Phi) is 4.62. The number of ether oxygens (including phenoxy) is 1. The molecule has 1 saturated heterocycles. The monoisotopic (exact) mass is 356 g/mol. The summed E-state index contributed by atoms with van der Waals surface area (Å²) in [5.74, 6) is -2.68. The van der Waals surface area contributed by atoms with E-state index in [1.165, 1.54) is 0 Å². The number of alkyl halides is 2. The number of halogens is 2. The van der Waals surface area contributed by atoms with Crippen molar-refractivity contribution in [1.82, 2.24) is 9.55 Å². The number of rotatable bonds is 4. The van der Waals surface area contributed by atoms with Crippen LogP contribution in [0.25, 0.3) is 0 Å². The summed E-state index contributed by atoms with van der Waals surface area (Å²) in [6.07, 6.45) is -5.48. The molecular formula is C11H15F2N2O7P. The molecule has 5 atom stereocenters. The molecule has 1 aromatic heterocycles. The maximum Gasteiger partial charge on any atom is 0.359 e. The van der Waals surface area contributed by atoms with E-state index in [9.17, 15) is 28.0 Å². The van der Waals surface area contributed by atoms with E-state index < -0.39 is 55.3 Å². The fourth-order valence-corrected chi connectivity index (χ4v) is 2.85. The van der Waals surface area contributed by atoms with Gasteiger partial charge in [-0.3, -0.25) is 9.36 Å². The molecule has 0 radical (unpaired) electrons. The standard InChI is InChI=1S/C11H15F2N2O7P/c1-11(13)8(17)5(4-6(12)23(19,20)21)22-9(11)15-7(16)2-3-14-10(15)18/h2-3,5-6,8-9,17H,4H2,1H3,(H,14,18)(H2,19,20,21)/t5-,6?,8-,9-,11-/m1/s1. The van der Waals surface area contributed by atoms with Gasteiger partial charge in [-0.25, -0.2) is 18.1 Å². The van der Waals surface area contributed by atoms with E-state index in [4.69, 9.17) is 14.5 Å². The quantitative estimate of drug-likeness (QED) is 0.527. The van der Waals surface area contributed by atoms with Gasteiger partial charge in [0.05, 0.1) is 6.10 Å². The van der Waals surface area contributed by atoms with Crippen LogP contribution in [0.15, 0.2) is 21.9 Å². The number of aromatic nitrogens is 2. The minimum Gasteiger partial charge on any atom is -0.387 e. The Morgan fingerprint density at radius 3 is 2.65 bits per heavy atom. The Labute approximate surface area is 127 Å². The zero-order valence-electron chi connectivity index (χ0n) is 11.8. The minimum absolute atomic E-state index is 0.369. The summed E-state index contributed by atoms with van der Waals surface area (Å²) in [4.78, 5) is 43.0. The van der Waals surface area contributed by atoms with Crippen molar-refractivity contribution >= 4 is 7.60 Å². The van der Waals surface area contributed by atoms with Crippen LogP contribution in [0.4, 0.5) is 8.78 Å². The molecule has 0 aliphatic carbocycles. The highest BCUT2D eigenvalue weighted by molar-refractivity contribution is 7.52. The number of nitrogens with zero attached hydrogens (tertiary/aromatic N) is 1. The van der Waals surface area contributed by atoms with Gasteiger partial charge < -0.3 is 24.6 Å².